The molecule has 106 valence electrons. The van der Waals surface area contributed by atoms with E-state index in [1.807, 2.05) is 0 Å². The molecule has 0 bridgehead atoms. The summed E-state index contributed by atoms with van der Waals surface area (Å²) in [6, 6.07) is 0. The van der Waals surface area contributed by atoms with E-state index in [4.69, 9.17) is 4.74 Å². The number of esters is 1. The number of hydrogen-bond acceptors (Lipinski definition) is 2. The zero-order chi connectivity index (χ0) is 14.0. The summed E-state index contributed by atoms with van der Waals surface area (Å²) in [4.78, 5) is 11.4. The van der Waals surface area contributed by atoms with Gasteiger partial charge in [-0.15, -0.1) is 0 Å². The van der Waals surface area contributed by atoms with Crippen molar-refractivity contribution in [1.82, 2.24) is 0 Å². The number of allylic oxidation sites excluding steroid dienone is 1. The van der Waals surface area contributed by atoms with Crippen LogP contribution >= 0.6 is 0 Å². The molecule has 2 saturated carbocycles. The van der Waals surface area contributed by atoms with E-state index < -0.39 is 0 Å². The molecule has 2 nitrogen and oxygen atoms in total. The van der Waals surface area contributed by atoms with Crippen molar-refractivity contribution in [3.63, 3.8) is 0 Å². The van der Waals surface area contributed by atoms with Crippen LogP contribution in [0.2, 0.25) is 0 Å². The molecule has 0 N–H and O–H groups in total. The lowest BCUT2D eigenvalue weighted by Crippen LogP contribution is -2.49. The Labute approximate surface area is 116 Å². The van der Waals surface area contributed by atoms with Crippen LogP contribution in [0.15, 0.2) is 11.1 Å². The van der Waals surface area contributed by atoms with E-state index >= 15 is 0 Å². The van der Waals surface area contributed by atoms with Gasteiger partial charge in [-0.1, -0.05) is 26.3 Å². The van der Waals surface area contributed by atoms with Crippen molar-refractivity contribution in [2.24, 2.45) is 22.7 Å². The predicted molar refractivity (Wildman–Crippen MR) is 75.6 cm³/mol. The van der Waals surface area contributed by atoms with Gasteiger partial charge in [0, 0.05) is 12.8 Å². The molecule has 0 unspecified atom stereocenters. The van der Waals surface area contributed by atoms with E-state index in [2.05, 4.69) is 27.7 Å². The molecular formula is C17H26O2. The number of fused-ring (bicyclic) bond motifs is 3. The van der Waals surface area contributed by atoms with Gasteiger partial charge < -0.3 is 4.74 Å². The van der Waals surface area contributed by atoms with Crippen LogP contribution < -0.4 is 0 Å². The highest BCUT2D eigenvalue weighted by Crippen LogP contribution is 2.66. The third-order valence-electron chi connectivity index (χ3n) is 6.06. The summed E-state index contributed by atoms with van der Waals surface area (Å²) in [5.41, 5.74) is 3.75. The van der Waals surface area contributed by atoms with Gasteiger partial charge in [0.1, 0.15) is 6.10 Å². The van der Waals surface area contributed by atoms with Gasteiger partial charge in [-0.25, -0.2) is 0 Å². The fourth-order valence-corrected chi connectivity index (χ4v) is 5.17. The van der Waals surface area contributed by atoms with Crippen LogP contribution in [0.3, 0.4) is 0 Å². The Kier molecular flexibility index (Phi) is 2.69. The molecular weight excluding hydrogens is 236 g/mol. The Morgan fingerprint density at radius 3 is 2.47 bits per heavy atom. The molecule has 0 aliphatic heterocycles. The lowest BCUT2D eigenvalue weighted by Gasteiger charge is -2.55. The second-order valence-electron chi connectivity index (χ2n) is 7.95. The van der Waals surface area contributed by atoms with Crippen molar-refractivity contribution in [3.05, 3.63) is 11.1 Å². The van der Waals surface area contributed by atoms with Gasteiger partial charge in [0.05, 0.1) is 0 Å². The van der Waals surface area contributed by atoms with Gasteiger partial charge in [0.25, 0.3) is 0 Å². The van der Waals surface area contributed by atoms with Crippen molar-refractivity contribution in [2.75, 3.05) is 0 Å². The first-order chi connectivity index (χ1) is 8.74. The zero-order valence-corrected chi connectivity index (χ0v) is 12.9. The van der Waals surface area contributed by atoms with Crippen molar-refractivity contribution < 1.29 is 9.53 Å². The van der Waals surface area contributed by atoms with Crippen molar-refractivity contribution in [3.8, 4) is 0 Å². The third-order valence-corrected chi connectivity index (χ3v) is 6.06. The Morgan fingerprint density at radius 1 is 1.26 bits per heavy atom. The number of rotatable bonds is 1. The highest BCUT2D eigenvalue weighted by Gasteiger charge is 2.59. The first-order valence-electron chi connectivity index (χ1n) is 7.62. The highest BCUT2D eigenvalue weighted by molar-refractivity contribution is 5.66. The Bertz CT molecular complexity index is 460. The van der Waals surface area contributed by atoms with E-state index in [0.717, 1.165) is 0 Å². The van der Waals surface area contributed by atoms with Crippen LogP contribution in [0.1, 0.15) is 60.3 Å². The monoisotopic (exact) mass is 262 g/mol. The summed E-state index contributed by atoms with van der Waals surface area (Å²) >= 11 is 0. The number of carbonyl (C=O) groups is 1. The van der Waals surface area contributed by atoms with Crippen LogP contribution in [0.4, 0.5) is 0 Å². The molecule has 0 spiro atoms. The van der Waals surface area contributed by atoms with Crippen LogP contribution in [-0.4, -0.2) is 12.1 Å². The van der Waals surface area contributed by atoms with E-state index in [0.29, 0.717) is 22.7 Å². The van der Waals surface area contributed by atoms with Crippen molar-refractivity contribution in [2.45, 2.75) is 66.4 Å². The molecule has 0 heterocycles. The number of ether oxygens (including phenoxy) is 1. The first kappa shape index (κ1) is 13.2. The smallest absolute Gasteiger partial charge is 0.303 e. The van der Waals surface area contributed by atoms with Crippen LogP contribution in [0, 0.1) is 22.7 Å². The molecule has 19 heavy (non-hydrogen) atoms. The molecule has 0 aromatic carbocycles. The molecule has 0 amide bonds. The maximum absolute atomic E-state index is 11.4. The molecule has 2 fully saturated rings. The van der Waals surface area contributed by atoms with Crippen molar-refractivity contribution >= 4 is 5.97 Å². The topological polar surface area (TPSA) is 26.3 Å². The molecule has 4 atom stereocenters. The summed E-state index contributed by atoms with van der Waals surface area (Å²) in [6.45, 7) is 10.9. The normalized spacial score (nSPS) is 43.3. The van der Waals surface area contributed by atoms with Crippen LogP contribution in [0.25, 0.3) is 0 Å². The van der Waals surface area contributed by atoms with E-state index in [1.54, 1.807) is 12.5 Å². The number of hydrogen-bond donors (Lipinski definition) is 0. The molecule has 3 aliphatic rings. The fourth-order valence-electron chi connectivity index (χ4n) is 5.17. The Morgan fingerprint density at radius 2 is 1.95 bits per heavy atom. The zero-order valence-electron chi connectivity index (χ0n) is 12.9. The average molecular weight is 262 g/mol. The van der Waals surface area contributed by atoms with Gasteiger partial charge in [-0.05, 0) is 54.9 Å². The summed E-state index contributed by atoms with van der Waals surface area (Å²) < 4.78 is 5.71. The van der Waals surface area contributed by atoms with E-state index in [9.17, 15) is 4.79 Å². The number of carbonyl (C=O) groups excluding carboxylic acids is 1. The summed E-state index contributed by atoms with van der Waals surface area (Å²) in [5.74, 6) is 1.11. The van der Waals surface area contributed by atoms with Crippen LogP contribution in [0.5, 0.6) is 0 Å². The van der Waals surface area contributed by atoms with Gasteiger partial charge in [0.2, 0.25) is 0 Å². The lowest BCUT2D eigenvalue weighted by molar-refractivity contribution is -0.150. The summed E-state index contributed by atoms with van der Waals surface area (Å²) in [6.07, 6.45) is 5.05. The summed E-state index contributed by atoms with van der Waals surface area (Å²) in [7, 11) is 0. The SMILES string of the molecule is CC(=O)O[C@H]1C(C)=C2CC[C@]2(C)[C@H]2CC(C)(C)C[C@@H]12. The second-order valence-corrected chi connectivity index (χ2v) is 7.95. The minimum Gasteiger partial charge on any atom is -0.458 e. The Hall–Kier alpha value is -0.790. The Balaban J connectivity index is 2.01. The van der Waals surface area contributed by atoms with E-state index in [1.165, 1.54) is 31.3 Å². The molecule has 0 aromatic heterocycles. The predicted octanol–water partition coefficient (Wildman–Crippen LogP) is 4.10. The average Bonchev–Trinajstić information content (AvgIpc) is 2.58. The quantitative estimate of drug-likeness (QED) is 0.525. The molecule has 3 aliphatic carbocycles. The molecule has 3 rings (SSSR count). The van der Waals surface area contributed by atoms with Gasteiger partial charge in [-0.3, -0.25) is 4.79 Å². The third kappa shape index (κ3) is 1.79. The van der Waals surface area contributed by atoms with Gasteiger partial charge >= 0.3 is 5.97 Å². The largest absolute Gasteiger partial charge is 0.458 e. The minimum absolute atomic E-state index is 0.0487. The molecule has 0 saturated heterocycles. The second kappa shape index (κ2) is 3.86. The minimum atomic E-state index is -0.128. The molecule has 0 aromatic rings. The molecule has 0 radical (unpaired) electrons. The first-order valence-corrected chi connectivity index (χ1v) is 7.62. The van der Waals surface area contributed by atoms with E-state index in [-0.39, 0.29) is 12.1 Å². The van der Waals surface area contributed by atoms with Gasteiger partial charge in [-0.2, -0.15) is 0 Å². The van der Waals surface area contributed by atoms with Crippen molar-refractivity contribution in [1.29, 1.82) is 0 Å². The molecule has 2 heteroatoms. The fraction of sp³-hybridized carbons (Fsp3) is 0.824. The van der Waals surface area contributed by atoms with Crippen LogP contribution in [-0.2, 0) is 9.53 Å². The summed E-state index contributed by atoms with van der Waals surface area (Å²) in [5, 5.41) is 0. The highest BCUT2D eigenvalue weighted by atomic mass is 16.5. The lowest BCUT2D eigenvalue weighted by atomic mass is 9.51. The van der Waals surface area contributed by atoms with Gasteiger partial charge in [0.15, 0.2) is 0 Å². The maximum atomic E-state index is 11.4. The standard InChI is InChI=1S/C17H26O2/c1-10-13-6-7-17(13,5)14-9-16(3,4)8-12(14)15(10)19-11(2)18/h12,14-15H,6-9H2,1-5H3/t12-,14+,15+,17+/m1/s1. The maximum Gasteiger partial charge on any atom is 0.303 e.